The monoisotopic (exact) mass is 301 g/mol. The maximum atomic E-state index is 12.2. The molecular formula is C13H27N5O3. The first-order chi connectivity index (χ1) is 9.66. The highest BCUT2D eigenvalue weighted by Gasteiger charge is 2.29. The highest BCUT2D eigenvalue weighted by molar-refractivity contribution is 5.86. The van der Waals surface area contributed by atoms with E-state index in [1.54, 1.807) is 0 Å². The molecule has 0 aliphatic carbocycles. The molecule has 0 rings (SSSR count). The van der Waals surface area contributed by atoms with E-state index in [4.69, 9.17) is 17.2 Å². The molecule has 1 amide bonds. The zero-order valence-corrected chi connectivity index (χ0v) is 13.0. The molecule has 21 heavy (non-hydrogen) atoms. The van der Waals surface area contributed by atoms with Gasteiger partial charge in [0.05, 0.1) is 6.04 Å². The number of likely N-dealkylation sites (N-methyl/N-ethyl adjacent to an activating group) is 1. The molecule has 8 heteroatoms. The van der Waals surface area contributed by atoms with Crippen LogP contribution in [0.3, 0.4) is 0 Å². The van der Waals surface area contributed by atoms with Crippen molar-refractivity contribution in [2.45, 2.75) is 45.2 Å². The summed E-state index contributed by atoms with van der Waals surface area (Å²) in [5.41, 5.74) is 16.2. The van der Waals surface area contributed by atoms with E-state index in [9.17, 15) is 14.7 Å². The maximum Gasteiger partial charge on any atom is 0.326 e. The zero-order valence-electron chi connectivity index (χ0n) is 13.0. The van der Waals surface area contributed by atoms with Crippen LogP contribution in [0, 0.1) is 5.92 Å². The van der Waals surface area contributed by atoms with E-state index in [1.165, 1.54) is 11.9 Å². The number of carbonyl (C=O) groups excluding carboxylic acids is 1. The van der Waals surface area contributed by atoms with Gasteiger partial charge in [-0.1, -0.05) is 13.8 Å². The Morgan fingerprint density at radius 3 is 2.29 bits per heavy atom. The Morgan fingerprint density at radius 1 is 1.29 bits per heavy atom. The first kappa shape index (κ1) is 19.2. The van der Waals surface area contributed by atoms with Crippen molar-refractivity contribution >= 4 is 17.8 Å². The van der Waals surface area contributed by atoms with Crippen LogP contribution in [0.2, 0.25) is 0 Å². The number of guanidine groups is 1. The van der Waals surface area contributed by atoms with Crippen molar-refractivity contribution in [1.82, 2.24) is 4.90 Å². The van der Waals surface area contributed by atoms with E-state index in [1.807, 2.05) is 13.8 Å². The van der Waals surface area contributed by atoms with Crippen LogP contribution < -0.4 is 17.2 Å². The number of hydrogen-bond donors (Lipinski definition) is 4. The molecular weight excluding hydrogens is 274 g/mol. The van der Waals surface area contributed by atoms with Gasteiger partial charge in [0.1, 0.15) is 6.04 Å². The Bertz CT molecular complexity index is 380. The molecule has 0 aromatic carbocycles. The first-order valence-electron chi connectivity index (χ1n) is 6.97. The van der Waals surface area contributed by atoms with E-state index in [2.05, 4.69) is 4.99 Å². The average Bonchev–Trinajstić information content (AvgIpc) is 2.38. The minimum Gasteiger partial charge on any atom is -0.480 e. The maximum absolute atomic E-state index is 12.2. The summed E-state index contributed by atoms with van der Waals surface area (Å²) in [6.07, 6.45) is 1.34. The Labute approximate surface area is 125 Å². The number of aliphatic carboxylic acids is 1. The quantitative estimate of drug-likeness (QED) is 0.252. The van der Waals surface area contributed by atoms with E-state index in [-0.39, 0.29) is 17.8 Å². The smallest absolute Gasteiger partial charge is 0.326 e. The van der Waals surface area contributed by atoms with Gasteiger partial charge < -0.3 is 27.2 Å². The second-order valence-electron chi connectivity index (χ2n) is 5.49. The van der Waals surface area contributed by atoms with Crippen molar-refractivity contribution in [2.24, 2.45) is 28.1 Å². The summed E-state index contributed by atoms with van der Waals surface area (Å²) in [6.45, 7) is 4.20. The third-order valence-corrected chi connectivity index (χ3v) is 3.08. The minimum absolute atomic E-state index is 0.00473. The Morgan fingerprint density at radius 2 is 1.86 bits per heavy atom. The summed E-state index contributed by atoms with van der Waals surface area (Å²) in [5.74, 6) is -1.24. The molecule has 0 unspecified atom stereocenters. The van der Waals surface area contributed by atoms with Crippen LogP contribution in [0.15, 0.2) is 4.99 Å². The largest absolute Gasteiger partial charge is 0.480 e. The van der Waals surface area contributed by atoms with Crippen molar-refractivity contribution in [1.29, 1.82) is 0 Å². The van der Waals surface area contributed by atoms with Crippen molar-refractivity contribution in [3.05, 3.63) is 0 Å². The fraction of sp³-hybridized carbons (Fsp3) is 0.769. The molecule has 0 radical (unpaired) electrons. The van der Waals surface area contributed by atoms with Gasteiger partial charge in [-0.05, 0) is 25.2 Å². The van der Waals surface area contributed by atoms with Crippen molar-refractivity contribution in [2.75, 3.05) is 13.6 Å². The van der Waals surface area contributed by atoms with Gasteiger partial charge in [-0.25, -0.2) is 4.79 Å². The van der Waals surface area contributed by atoms with Gasteiger partial charge in [0.25, 0.3) is 0 Å². The first-order valence-corrected chi connectivity index (χ1v) is 6.97. The molecule has 0 saturated heterocycles. The molecule has 0 heterocycles. The van der Waals surface area contributed by atoms with E-state index in [0.717, 1.165) is 0 Å². The number of nitrogens with two attached hydrogens (primary N) is 3. The number of carboxylic acids is 1. The van der Waals surface area contributed by atoms with Crippen LogP contribution in [0.25, 0.3) is 0 Å². The van der Waals surface area contributed by atoms with Gasteiger partial charge in [0.2, 0.25) is 5.91 Å². The SMILES string of the molecule is CC(C)C[C@@H](C(=O)O)N(C)C(=O)[C@@H](N)CCCN=C(N)N. The van der Waals surface area contributed by atoms with Crippen LogP contribution in [0.5, 0.6) is 0 Å². The van der Waals surface area contributed by atoms with Crippen LogP contribution >= 0.6 is 0 Å². The van der Waals surface area contributed by atoms with Gasteiger partial charge in [0.15, 0.2) is 5.96 Å². The zero-order chi connectivity index (χ0) is 16.6. The summed E-state index contributed by atoms with van der Waals surface area (Å²) in [5, 5.41) is 9.22. The van der Waals surface area contributed by atoms with Crippen molar-refractivity contribution in [3.8, 4) is 0 Å². The predicted octanol–water partition coefficient (Wildman–Crippen LogP) is -0.675. The summed E-state index contributed by atoms with van der Waals surface area (Å²) >= 11 is 0. The van der Waals surface area contributed by atoms with Gasteiger partial charge in [-0.3, -0.25) is 9.79 Å². The lowest BCUT2D eigenvalue weighted by molar-refractivity contribution is -0.150. The molecule has 0 spiro atoms. The number of carboxylic acid groups (broad SMARTS) is 1. The third-order valence-electron chi connectivity index (χ3n) is 3.08. The highest BCUT2D eigenvalue weighted by Crippen LogP contribution is 2.12. The minimum atomic E-state index is -1.02. The fourth-order valence-electron chi connectivity index (χ4n) is 1.93. The highest BCUT2D eigenvalue weighted by atomic mass is 16.4. The topological polar surface area (TPSA) is 148 Å². The van der Waals surface area contributed by atoms with Gasteiger partial charge in [-0.15, -0.1) is 0 Å². The second kappa shape index (κ2) is 9.17. The number of carbonyl (C=O) groups is 2. The van der Waals surface area contributed by atoms with Gasteiger partial charge >= 0.3 is 5.97 Å². The molecule has 0 aromatic rings. The van der Waals surface area contributed by atoms with Crippen molar-refractivity contribution < 1.29 is 14.7 Å². The summed E-state index contributed by atoms with van der Waals surface area (Å²) < 4.78 is 0. The Hall–Kier alpha value is -1.83. The third kappa shape index (κ3) is 7.50. The molecule has 0 aliphatic rings. The summed E-state index contributed by atoms with van der Waals surface area (Å²) in [7, 11) is 1.47. The number of aliphatic imine (C=N–C) groups is 1. The standard InChI is InChI=1S/C13H27N5O3/c1-8(2)7-10(12(20)21)18(3)11(19)9(14)5-4-6-17-13(15)16/h8-10H,4-7,14H2,1-3H3,(H,20,21)(H4,15,16,17)/t9-,10-/m0/s1. The summed E-state index contributed by atoms with van der Waals surface area (Å²) in [4.78, 5) is 28.4. The van der Waals surface area contributed by atoms with Crippen LogP contribution in [0.4, 0.5) is 0 Å². The van der Waals surface area contributed by atoms with Crippen LogP contribution in [-0.2, 0) is 9.59 Å². The molecule has 0 aromatic heterocycles. The molecule has 122 valence electrons. The van der Waals surface area contributed by atoms with Crippen LogP contribution in [-0.4, -0.2) is 53.5 Å². The van der Waals surface area contributed by atoms with E-state index in [0.29, 0.717) is 25.8 Å². The molecule has 0 aliphatic heterocycles. The Kier molecular flexibility index (Phi) is 8.37. The fourth-order valence-corrected chi connectivity index (χ4v) is 1.93. The van der Waals surface area contributed by atoms with Gasteiger partial charge in [-0.2, -0.15) is 0 Å². The van der Waals surface area contributed by atoms with E-state index >= 15 is 0 Å². The lowest BCUT2D eigenvalue weighted by Gasteiger charge is -2.28. The number of nitrogens with zero attached hydrogens (tertiary/aromatic N) is 2. The lowest BCUT2D eigenvalue weighted by Crippen LogP contribution is -2.49. The predicted molar refractivity (Wildman–Crippen MR) is 81.5 cm³/mol. The Balaban J connectivity index is 4.51. The normalized spacial score (nSPS) is 13.6. The molecule has 8 nitrogen and oxygen atoms in total. The lowest BCUT2D eigenvalue weighted by atomic mass is 10.0. The molecule has 7 N–H and O–H groups in total. The second-order valence-corrected chi connectivity index (χ2v) is 5.49. The van der Waals surface area contributed by atoms with Crippen molar-refractivity contribution in [3.63, 3.8) is 0 Å². The average molecular weight is 301 g/mol. The van der Waals surface area contributed by atoms with Crippen LogP contribution in [0.1, 0.15) is 33.1 Å². The molecule has 0 fully saturated rings. The summed E-state index contributed by atoms with van der Waals surface area (Å²) in [6, 6.07) is -1.61. The number of rotatable bonds is 9. The number of amides is 1. The number of hydrogen-bond acceptors (Lipinski definition) is 4. The molecule has 2 atom stereocenters. The molecule has 0 bridgehead atoms. The van der Waals surface area contributed by atoms with E-state index < -0.39 is 18.1 Å². The van der Waals surface area contributed by atoms with Gasteiger partial charge in [0, 0.05) is 13.6 Å². The molecule has 0 saturated carbocycles.